The maximum atomic E-state index is 11.4. The van der Waals surface area contributed by atoms with Crippen LogP contribution in [0.4, 0.5) is 0 Å². The van der Waals surface area contributed by atoms with E-state index in [9.17, 15) is 10.0 Å². The SMILES string of the molecule is O=C([NH2+][O-])c1cccnc1-c1ccccc1. The van der Waals surface area contributed by atoms with Gasteiger partial charge in [-0.2, -0.15) is 0 Å². The fourth-order valence-corrected chi connectivity index (χ4v) is 1.49. The minimum atomic E-state index is -0.549. The van der Waals surface area contributed by atoms with Crippen molar-refractivity contribution in [3.63, 3.8) is 0 Å². The molecule has 0 spiro atoms. The summed E-state index contributed by atoms with van der Waals surface area (Å²) < 4.78 is 0. The molecule has 16 heavy (non-hydrogen) atoms. The number of primary amides is 1. The topological polar surface area (TPSA) is 69.6 Å². The third kappa shape index (κ3) is 1.98. The van der Waals surface area contributed by atoms with Gasteiger partial charge in [-0.05, 0) is 12.1 Å². The predicted octanol–water partition coefficient (Wildman–Crippen LogP) is 0.950. The van der Waals surface area contributed by atoms with Gasteiger partial charge in [0, 0.05) is 11.8 Å². The quantitative estimate of drug-likeness (QED) is 0.756. The molecule has 0 unspecified atom stereocenters. The Bertz CT molecular complexity index is 497. The van der Waals surface area contributed by atoms with E-state index in [4.69, 9.17) is 0 Å². The van der Waals surface area contributed by atoms with Gasteiger partial charge < -0.3 is 10.7 Å². The van der Waals surface area contributed by atoms with Crippen LogP contribution in [0, 0.1) is 5.21 Å². The summed E-state index contributed by atoms with van der Waals surface area (Å²) in [6, 6.07) is 12.6. The van der Waals surface area contributed by atoms with Gasteiger partial charge in [0.05, 0.1) is 5.69 Å². The van der Waals surface area contributed by atoms with Crippen molar-refractivity contribution in [2.45, 2.75) is 0 Å². The third-order valence-electron chi connectivity index (χ3n) is 2.23. The van der Waals surface area contributed by atoms with Gasteiger partial charge >= 0.3 is 5.91 Å². The molecule has 80 valence electrons. The molecule has 0 saturated heterocycles. The second kappa shape index (κ2) is 4.65. The minimum absolute atomic E-state index is 0.309. The average Bonchev–Trinajstić information content (AvgIpc) is 2.39. The summed E-state index contributed by atoms with van der Waals surface area (Å²) in [5.74, 6) is -0.549. The number of aromatic nitrogens is 1. The Balaban J connectivity index is 2.53. The van der Waals surface area contributed by atoms with E-state index in [0.717, 1.165) is 5.56 Å². The van der Waals surface area contributed by atoms with Gasteiger partial charge in [0.2, 0.25) is 0 Å². The minimum Gasteiger partial charge on any atom is -0.628 e. The molecule has 2 N–H and O–H groups in total. The highest BCUT2D eigenvalue weighted by atomic mass is 16.5. The summed E-state index contributed by atoms with van der Waals surface area (Å²) >= 11 is 0. The number of benzene rings is 1. The van der Waals surface area contributed by atoms with Gasteiger partial charge in [-0.25, -0.2) is 4.79 Å². The zero-order valence-corrected chi connectivity index (χ0v) is 8.46. The van der Waals surface area contributed by atoms with Crippen LogP contribution in [0.2, 0.25) is 0 Å². The van der Waals surface area contributed by atoms with Crippen molar-refractivity contribution in [1.82, 2.24) is 4.98 Å². The normalized spacial score (nSPS) is 10.1. The van der Waals surface area contributed by atoms with Crippen molar-refractivity contribution >= 4 is 5.91 Å². The largest absolute Gasteiger partial charge is 0.628 e. The molecule has 1 aromatic carbocycles. The molecule has 0 bridgehead atoms. The van der Waals surface area contributed by atoms with E-state index in [1.807, 2.05) is 30.3 Å². The molecular weight excluding hydrogens is 204 g/mol. The number of rotatable bonds is 2. The first-order valence-corrected chi connectivity index (χ1v) is 4.83. The van der Waals surface area contributed by atoms with Crippen LogP contribution >= 0.6 is 0 Å². The lowest BCUT2D eigenvalue weighted by Crippen LogP contribution is -2.81. The summed E-state index contributed by atoms with van der Waals surface area (Å²) in [6.45, 7) is 0. The summed E-state index contributed by atoms with van der Waals surface area (Å²) in [6.07, 6.45) is 1.60. The smallest absolute Gasteiger partial charge is 0.344 e. The van der Waals surface area contributed by atoms with Crippen LogP contribution < -0.4 is 5.48 Å². The van der Waals surface area contributed by atoms with Crippen LogP contribution in [0.1, 0.15) is 10.4 Å². The highest BCUT2D eigenvalue weighted by Crippen LogP contribution is 2.19. The summed E-state index contributed by atoms with van der Waals surface area (Å²) in [4.78, 5) is 15.5. The molecule has 4 nitrogen and oxygen atoms in total. The summed E-state index contributed by atoms with van der Waals surface area (Å²) in [5, 5.41) is 10.5. The Morgan fingerprint density at radius 3 is 2.56 bits per heavy atom. The first kappa shape index (κ1) is 10.5. The van der Waals surface area contributed by atoms with Gasteiger partial charge in [-0.3, -0.25) is 4.98 Å². The fraction of sp³-hybridized carbons (Fsp3) is 0. The van der Waals surface area contributed by atoms with Gasteiger partial charge in [0.25, 0.3) is 0 Å². The number of pyridine rings is 1. The molecule has 0 saturated carbocycles. The van der Waals surface area contributed by atoms with Gasteiger partial charge in [-0.1, -0.05) is 30.3 Å². The first-order valence-electron chi connectivity index (χ1n) is 4.83. The Kier molecular flexibility index (Phi) is 3.05. The van der Waals surface area contributed by atoms with Crippen molar-refractivity contribution in [3.05, 3.63) is 59.4 Å². The number of quaternary nitrogens is 1. The molecule has 1 amide bonds. The Labute approximate surface area is 92.5 Å². The monoisotopic (exact) mass is 214 g/mol. The highest BCUT2D eigenvalue weighted by molar-refractivity contribution is 5.93. The molecular formula is C12H10N2O2. The molecule has 0 fully saturated rings. The number of hydrogen-bond acceptors (Lipinski definition) is 3. The van der Waals surface area contributed by atoms with E-state index in [2.05, 4.69) is 4.98 Å². The van der Waals surface area contributed by atoms with E-state index in [1.165, 1.54) is 0 Å². The van der Waals surface area contributed by atoms with E-state index < -0.39 is 5.91 Å². The van der Waals surface area contributed by atoms with Gasteiger partial charge in [0.1, 0.15) is 5.56 Å². The molecule has 2 aromatic rings. The molecule has 0 aliphatic rings. The van der Waals surface area contributed by atoms with E-state index in [0.29, 0.717) is 16.7 Å². The highest BCUT2D eigenvalue weighted by Gasteiger charge is 2.13. The van der Waals surface area contributed by atoms with Gasteiger partial charge in [-0.15, -0.1) is 0 Å². The molecule has 0 aliphatic carbocycles. The number of hydrogen-bond donors (Lipinski definition) is 1. The Morgan fingerprint density at radius 2 is 1.88 bits per heavy atom. The average molecular weight is 214 g/mol. The number of amides is 1. The van der Waals surface area contributed by atoms with Crippen molar-refractivity contribution in [2.24, 2.45) is 0 Å². The second-order valence-corrected chi connectivity index (χ2v) is 3.25. The first-order chi connectivity index (χ1) is 7.83. The van der Waals surface area contributed by atoms with E-state index in [1.54, 1.807) is 18.3 Å². The Morgan fingerprint density at radius 1 is 1.12 bits per heavy atom. The molecule has 1 aromatic heterocycles. The molecule has 1 heterocycles. The molecule has 0 atom stereocenters. The lowest BCUT2D eigenvalue weighted by Gasteiger charge is -2.06. The molecule has 4 heteroatoms. The maximum Gasteiger partial charge on any atom is 0.344 e. The number of carbonyl (C=O) groups is 1. The lowest BCUT2D eigenvalue weighted by atomic mass is 10.1. The summed E-state index contributed by atoms with van der Waals surface area (Å²) in [5.41, 5.74) is 2.01. The van der Waals surface area contributed by atoms with Crippen LogP contribution in [-0.4, -0.2) is 10.9 Å². The zero-order chi connectivity index (χ0) is 11.4. The molecule has 0 radical (unpaired) electrons. The standard InChI is InChI=1S/C12H10N2O2/c15-12(14-16)10-7-4-8-13-11(10)9-5-2-1-3-6-9/h1-8H,14H2. The molecule has 2 rings (SSSR count). The number of hydroxylamine groups is 1. The van der Waals surface area contributed by atoms with Crippen LogP contribution in [0.3, 0.4) is 0 Å². The van der Waals surface area contributed by atoms with Crippen LogP contribution in [-0.2, 0) is 0 Å². The van der Waals surface area contributed by atoms with Crippen molar-refractivity contribution in [3.8, 4) is 11.3 Å². The van der Waals surface area contributed by atoms with Gasteiger partial charge in [0.15, 0.2) is 0 Å². The van der Waals surface area contributed by atoms with E-state index in [-0.39, 0.29) is 0 Å². The predicted molar refractivity (Wildman–Crippen MR) is 59.3 cm³/mol. The number of nitrogens with two attached hydrogens (primary N) is 1. The fourth-order valence-electron chi connectivity index (χ4n) is 1.49. The molecule has 0 aliphatic heterocycles. The van der Waals surface area contributed by atoms with Crippen molar-refractivity contribution < 1.29 is 10.3 Å². The van der Waals surface area contributed by atoms with Crippen molar-refractivity contribution in [1.29, 1.82) is 0 Å². The van der Waals surface area contributed by atoms with Crippen molar-refractivity contribution in [2.75, 3.05) is 0 Å². The van der Waals surface area contributed by atoms with Crippen LogP contribution in [0.5, 0.6) is 0 Å². The third-order valence-corrected chi connectivity index (χ3v) is 2.23. The Hall–Kier alpha value is -2.04. The lowest BCUT2D eigenvalue weighted by molar-refractivity contribution is -0.481. The number of carbonyl (C=O) groups excluding carboxylic acids is 1. The van der Waals surface area contributed by atoms with E-state index >= 15 is 0 Å². The number of nitrogens with zero attached hydrogens (tertiary/aromatic N) is 1. The zero-order valence-electron chi connectivity index (χ0n) is 8.46. The second-order valence-electron chi connectivity index (χ2n) is 3.25. The maximum absolute atomic E-state index is 11.4. The summed E-state index contributed by atoms with van der Waals surface area (Å²) in [7, 11) is 0. The van der Waals surface area contributed by atoms with Crippen LogP contribution in [0.25, 0.3) is 11.3 Å². The van der Waals surface area contributed by atoms with Crippen LogP contribution in [0.15, 0.2) is 48.7 Å².